The van der Waals surface area contributed by atoms with Crippen molar-refractivity contribution in [2.75, 3.05) is 16.8 Å². The fourth-order valence-corrected chi connectivity index (χ4v) is 3.27. The monoisotopic (exact) mass is 377 g/mol. The quantitative estimate of drug-likeness (QED) is 0.727. The average molecular weight is 377 g/mol. The maximum atomic E-state index is 11.7. The summed E-state index contributed by atoms with van der Waals surface area (Å²) < 4.78 is 23.3. The Hall–Kier alpha value is -2.48. The van der Waals surface area contributed by atoms with Gasteiger partial charge in [0.1, 0.15) is 27.5 Å². The highest BCUT2D eigenvalue weighted by Crippen LogP contribution is 2.21. The van der Waals surface area contributed by atoms with Gasteiger partial charge in [-0.25, -0.2) is 23.2 Å². The van der Waals surface area contributed by atoms with E-state index < -0.39 is 21.8 Å². The lowest BCUT2D eigenvalue weighted by Gasteiger charge is -2.16. The summed E-state index contributed by atoms with van der Waals surface area (Å²) in [6.45, 7) is 5.25. The molecule has 8 heteroatoms. The molecule has 0 aliphatic rings. The van der Waals surface area contributed by atoms with E-state index in [1.54, 1.807) is 19.9 Å². The number of aryl methyl sites for hydroxylation is 2. The Morgan fingerprint density at radius 3 is 2.42 bits per heavy atom. The Kier molecular flexibility index (Phi) is 6.31. The molecule has 2 N–H and O–H groups in total. The van der Waals surface area contributed by atoms with Crippen LogP contribution >= 0.6 is 0 Å². The van der Waals surface area contributed by atoms with E-state index >= 15 is 0 Å². The number of aromatic nitrogens is 2. The Labute approximate surface area is 153 Å². The topological polar surface area (TPSA) is 109 Å². The van der Waals surface area contributed by atoms with Gasteiger partial charge in [0, 0.05) is 17.4 Å². The molecule has 0 saturated carbocycles. The number of nitrogens with one attached hydrogen (secondary N) is 1. The number of carboxylic acids is 1. The van der Waals surface area contributed by atoms with E-state index in [0.717, 1.165) is 11.1 Å². The summed E-state index contributed by atoms with van der Waals surface area (Å²) in [6, 6.07) is 8.43. The number of nitrogens with zero attached hydrogens (tertiary/aromatic N) is 2. The lowest BCUT2D eigenvalue weighted by atomic mass is 10.1. The lowest BCUT2D eigenvalue weighted by molar-refractivity contribution is -0.137. The molecule has 140 valence electrons. The Morgan fingerprint density at radius 2 is 1.85 bits per heavy atom. The van der Waals surface area contributed by atoms with Gasteiger partial charge >= 0.3 is 5.97 Å². The zero-order valence-electron chi connectivity index (χ0n) is 15.1. The van der Waals surface area contributed by atoms with Crippen molar-refractivity contribution in [3.05, 3.63) is 41.7 Å². The van der Waals surface area contributed by atoms with E-state index in [2.05, 4.69) is 15.3 Å². The highest BCUT2D eigenvalue weighted by molar-refractivity contribution is 7.91. The summed E-state index contributed by atoms with van der Waals surface area (Å²) in [7, 11) is -3.24. The van der Waals surface area contributed by atoms with Crippen molar-refractivity contribution in [2.24, 2.45) is 0 Å². The van der Waals surface area contributed by atoms with E-state index in [0.29, 0.717) is 17.3 Å². The second kappa shape index (κ2) is 8.27. The van der Waals surface area contributed by atoms with Crippen molar-refractivity contribution in [3.8, 4) is 11.3 Å². The number of anilines is 1. The van der Waals surface area contributed by atoms with Gasteiger partial charge in [0.25, 0.3) is 0 Å². The average Bonchev–Trinajstić information content (AvgIpc) is 2.58. The second-order valence-electron chi connectivity index (χ2n) is 6.11. The molecule has 0 spiro atoms. The number of carbonyl (C=O) groups is 1. The predicted molar refractivity (Wildman–Crippen MR) is 101 cm³/mol. The molecule has 0 amide bonds. The predicted octanol–water partition coefficient (Wildman–Crippen LogP) is 2.45. The first kappa shape index (κ1) is 19.8. The van der Waals surface area contributed by atoms with Crippen molar-refractivity contribution in [2.45, 2.75) is 33.2 Å². The fourth-order valence-electron chi connectivity index (χ4n) is 2.39. The van der Waals surface area contributed by atoms with Crippen LogP contribution in [0.5, 0.6) is 0 Å². The van der Waals surface area contributed by atoms with Crippen LogP contribution in [0, 0.1) is 13.8 Å². The van der Waals surface area contributed by atoms with Crippen LogP contribution in [0.3, 0.4) is 0 Å². The third-order valence-corrected chi connectivity index (χ3v) is 5.70. The number of hydrogen-bond acceptors (Lipinski definition) is 6. The van der Waals surface area contributed by atoms with Gasteiger partial charge in [-0.3, -0.25) is 0 Å². The maximum absolute atomic E-state index is 11.7. The molecule has 1 unspecified atom stereocenters. The minimum atomic E-state index is -3.24. The Balaban J connectivity index is 2.23. The summed E-state index contributed by atoms with van der Waals surface area (Å²) in [5.41, 5.74) is 2.69. The molecule has 2 rings (SSSR count). The number of aliphatic carboxylic acids is 1. The van der Waals surface area contributed by atoms with Crippen LogP contribution in [-0.4, -0.2) is 47.0 Å². The van der Waals surface area contributed by atoms with Gasteiger partial charge in [-0.05, 0) is 20.3 Å². The molecule has 1 aromatic carbocycles. The minimum Gasteiger partial charge on any atom is -0.480 e. The summed E-state index contributed by atoms with van der Waals surface area (Å²) in [6.07, 6.45) is -0.0333. The Bertz CT molecular complexity index is 880. The van der Waals surface area contributed by atoms with E-state index in [1.165, 1.54) is 0 Å². The first-order valence-electron chi connectivity index (χ1n) is 8.32. The van der Waals surface area contributed by atoms with Gasteiger partial charge in [-0.15, -0.1) is 0 Å². The van der Waals surface area contributed by atoms with Crippen molar-refractivity contribution in [1.82, 2.24) is 9.97 Å². The zero-order chi connectivity index (χ0) is 19.3. The SMILES string of the molecule is CCS(=O)(=O)CCC(Nc1cc(-c2ccc(C)cc2)nc(C)n1)C(=O)O. The van der Waals surface area contributed by atoms with Crippen molar-refractivity contribution in [1.29, 1.82) is 0 Å². The summed E-state index contributed by atoms with van der Waals surface area (Å²) in [4.78, 5) is 20.1. The molecular formula is C18H23N3O4S. The van der Waals surface area contributed by atoms with E-state index in [1.807, 2.05) is 31.2 Å². The molecule has 1 atom stereocenters. The van der Waals surface area contributed by atoms with E-state index in [4.69, 9.17) is 0 Å². The zero-order valence-corrected chi connectivity index (χ0v) is 15.9. The van der Waals surface area contributed by atoms with Gasteiger partial charge in [-0.1, -0.05) is 36.8 Å². The maximum Gasteiger partial charge on any atom is 0.326 e. The van der Waals surface area contributed by atoms with E-state index in [9.17, 15) is 18.3 Å². The summed E-state index contributed by atoms with van der Waals surface area (Å²) in [5, 5.41) is 12.2. The molecular weight excluding hydrogens is 354 g/mol. The molecule has 1 heterocycles. The molecule has 0 saturated heterocycles. The number of carboxylic acid groups (broad SMARTS) is 1. The number of hydrogen-bond donors (Lipinski definition) is 2. The van der Waals surface area contributed by atoms with Gasteiger partial charge < -0.3 is 10.4 Å². The molecule has 0 aliphatic heterocycles. The summed E-state index contributed by atoms with van der Waals surface area (Å²) in [5.74, 6) is -0.471. The number of rotatable bonds is 8. The van der Waals surface area contributed by atoms with Gasteiger partial charge in [0.15, 0.2) is 0 Å². The first-order valence-corrected chi connectivity index (χ1v) is 10.1. The van der Waals surface area contributed by atoms with Crippen LogP contribution in [0.25, 0.3) is 11.3 Å². The van der Waals surface area contributed by atoms with Crippen LogP contribution in [0.15, 0.2) is 30.3 Å². The summed E-state index contributed by atoms with van der Waals surface area (Å²) >= 11 is 0. The van der Waals surface area contributed by atoms with Crippen LogP contribution in [0.4, 0.5) is 5.82 Å². The van der Waals surface area contributed by atoms with Crippen LogP contribution in [-0.2, 0) is 14.6 Å². The number of benzene rings is 1. The van der Waals surface area contributed by atoms with Crippen LogP contribution in [0.2, 0.25) is 0 Å². The molecule has 1 aromatic heterocycles. The number of sulfone groups is 1. The van der Waals surface area contributed by atoms with Crippen molar-refractivity contribution in [3.63, 3.8) is 0 Å². The second-order valence-corrected chi connectivity index (χ2v) is 8.58. The molecule has 0 fully saturated rings. The third kappa shape index (κ3) is 5.52. The largest absolute Gasteiger partial charge is 0.480 e. The lowest BCUT2D eigenvalue weighted by Crippen LogP contribution is -2.32. The van der Waals surface area contributed by atoms with E-state index in [-0.39, 0.29) is 17.9 Å². The third-order valence-electron chi connectivity index (χ3n) is 3.96. The highest BCUT2D eigenvalue weighted by Gasteiger charge is 2.21. The minimum absolute atomic E-state index is 0.0104. The molecule has 0 aliphatic carbocycles. The Morgan fingerprint density at radius 1 is 1.19 bits per heavy atom. The van der Waals surface area contributed by atoms with Gasteiger partial charge in [-0.2, -0.15) is 0 Å². The molecule has 0 bridgehead atoms. The van der Waals surface area contributed by atoms with Crippen LogP contribution in [0.1, 0.15) is 24.7 Å². The molecule has 26 heavy (non-hydrogen) atoms. The van der Waals surface area contributed by atoms with Gasteiger partial charge in [0.05, 0.1) is 11.4 Å². The fraction of sp³-hybridized carbons (Fsp3) is 0.389. The van der Waals surface area contributed by atoms with Crippen LogP contribution < -0.4 is 5.32 Å². The van der Waals surface area contributed by atoms with Crippen molar-refractivity contribution >= 4 is 21.6 Å². The molecule has 2 aromatic rings. The molecule has 7 nitrogen and oxygen atoms in total. The standard InChI is InChI=1S/C18H23N3O4S/c1-4-26(24,25)10-9-15(18(22)23)21-17-11-16(19-13(3)20-17)14-7-5-12(2)6-8-14/h5-8,11,15H,4,9-10H2,1-3H3,(H,22,23)(H,19,20,21). The van der Waals surface area contributed by atoms with Gasteiger partial charge in [0.2, 0.25) is 0 Å². The highest BCUT2D eigenvalue weighted by atomic mass is 32.2. The first-order chi connectivity index (χ1) is 12.2. The normalized spacial score (nSPS) is 12.6. The van der Waals surface area contributed by atoms with Crippen molar-refractivity contribution < 1.29 is 18.3 Å². The molecule has 0 radical (unpaired) electrons. The smallest absolute Gasteiger partial charge is 0.326 e.